The number of nitrogens with two attached hydrogens (primary N) is 1. The van der Waals surface area contributed by atoms with Crippen LogP contribution in [0.3, 0.4) is 0 Å². The van der Waals surface area contributed by atoms with E-state index < -0.39 is 0 Å². The summed E-state index contributed by atoms with van der Waals surface area (Å²) in [5, 5.41) is 0. The largest absolute Gasteiger partial charge is 0.372 e. The number of benzene rings is 1. The topological polar surface area (TPSA) is 35.2 Å². The van der Waals surface area contributed by atoms with Gasteiger partial charge >= 0.3 is 0 Å². The summed E-state index contributed by atoms with van der Waals surface area (Å²) in [6.45, 7) is 1.19. The van der Waals surface area contributed by atoms with Crippen molar-refractivity contribution in [3.63, 3.8) is 0 Å². The number of rotatable bonds is 6. The van der Waals surface area contributed by atoms with Crippen LogP contribution < -0.4 is 5.73 Å². The maximum absolute atomic E-state index is 12.8. The fourth-order valence-electron chi connectivity index (χ4n) is 2.14. The van der Waals surface area contributed by atoms with Gasteiger partial charge in [0, 0.05) is 13.2 Å². The molecule has 0 radical (unpaired) electrons. The van der Waals surface area contributed by atoms with Crippen LogP contribution in [-0.2, 0) is 4.74 Å². The lowest BCUT2D eigenvalue weighted by Gasteiger charge is -2.26. The van der Waals surface area contributed by atoms with Gasteiger partial charge in [0.2, 0.25) is 0 Å². The van der Waals surface area contributed by atoms with Crippen molar-refractivity contribution < 1.29 is 9.13 Å². The molecule has 1 aliphatic carbocycles. The Bertz CT molecular complexity index is 335. The van der Waals surface area contributed by atoms with Crippen molar-refractivity contribution in [1.29, 1.82) is 0 Å². The lowest BCUT2D eigenvalue weighted by Crippen LogP contribution is -2.19. The Balaban J connectivity index is 1.80. The standard InChI is InChI=1S/C14H20FNO/c15-13-6-4-12(5-7-13)14(10-16)17-9-8-11-2-1-3-11/h4-7,11,14H,1-3,8-10,16H2. The van der Waals surface area contributed by atoms with Crippen molar-refractivity contribution in [2.75, 3.05) is 13.2 Å². The second kappa shape index (κ2) is 6.12. The highest BCUT2D eigenvalue weighted by Gasteiger charge is 2.18. The lowest BCUT2D eigenvalue weighted by molar-refractivity contribution is 0.0423. The third kappa shape index (κ3) is 3.51. The highest BCUT2D eigenvalue weighted by atomic mass is 19.1. The van der Waals surface area contributed by atoms with Gasteiger partial charge in [-0.05, 0) is 30.0 Å². The maximum atomic E-state index is 12.8. The molecule has 0 aromatic heterocycles. The Morgan fingerprint density at radius 2 is 2.00 bits per heavy atom. The number of hydrogen-bond acceptors (Lipinski definition) is 2. The molecule has 2 nitrogen and oxygen atoms in total. The van der Waals surface area contributed by atoms with Gasteiger partial charge in [-0.3, -0.25) is 0 Å². The SMILES string of the molecule is NCC(OCCC1CCC1)c1ccc(F)cc1. The van der Waals surface area contributed by atoms with E-state index in [0.717, 1.165) is 24.5 Å². The molecular formula is C14H20FNO. The van der Waals surface area contributed by atoms with Crippen molar-refractivity contribution in [2.24, 2.45) is 11.7 Å². The number of halogens is 1. The zero-order chi connectivity index (χ0) is 12.1. The van der Waals surface area contributed by atoms with Gasteiger partial charge in [0.05, 0.1) is 6.10 Å². The van der Waals surface area contributed by atoms with Crippen molar-refractivity contribution in [3.05, 3.63) is 35.6 Å². The molecule has 1 aromatic rings. The average molecular weight is 237 g/mol. The van der Waals surface area contributed by atoms with Crippen LogP contribution in [0.1, 0.15) is 37.4 Å². The maximum Gasteiger partial charge on any atom is 0.123 e. The average Bonchev–Trinajstić information content (AvgIpc) is 2.29. The van der Waals surface area contributed by atoms with Crippen LogP contribution in [0.2, 0.25) is 0 Å². The van der Waals surface area contributed by atoms with E-state index in [2.05, 4.69) is 0 Å². The summed E-state index contributed by atoms with van der Waals surface area (Å²) in [7, 11) is 0. The van der Waals surface area contributed by atoms with E-state index in [1.807, 2.05) is 0 Å². The molecule has 94 valence electrons. The summed E-state index contributed by atoms with van der Waals surface area (Å²) in [5.41, 5.74) is 6.65. The van der Waals surface area contributed by atoms with Gasteiger partial charge < -0.3 is 10.5 Å². The molecule has 0 heterocycles. The first-order chi connectivity index (χ1) is 8.29. The van der Waals surface area contributed by atoms with E-state index in [-0.39, 0.29) is 11.9 Å². The van der Waals surface area contributed by atoms with Gasteiger partial charge in [0.25, 0.3) is 0 Å². The van der Waals surface area contributed by atoms with Crippen LogP contribution in [0, 0.1) is 11.7 Å². The summed E-state index contributed by atoms with van der Waals surface area (Å²) in [6, 6.07) is 6.40. The molecule has 1 saturated carbocycles. The van der Waals surface area contributed by atoms with Crippen LogP contribution in [-0.4, -0.2) is 13.2 Å². The van der Waals surface area contributed by atoms with E-state index in [1.165, 1.54) is 31.4 Å². The van der Waals surface area contributed by atoms with Crippen LogP contribution in [0.5, 0.6) is 0 Å². The predicted molar refractivity (Wildman–Crippen MR) is 66.1 cm³/mol. The summed E-state index contributed by atoms with van der Waals surface area (Å²) in [4.78, 5) is 0. The van der Waals surface area contributed by atoms with Gasteiger partial charge in [0.15, 0.2) is 0 Å². The second-order valence-electron chi connectivity index (χ2n) is 4.73. The fraction of sp³-hybridized carbons (Fsp3) is 0.571. The molecular weight excluding hydrogens is 217 g/mol. The smallest absolute Gasteiger partial charge is 0.123 e. The molecule has 1 fully saturated rings. The van der Waals surface area contributed by atoms with Crippen LogP contribution in [0.15, 0.2) is 24.3 Å². The quantitative estimate of drug-likeness (QED) is 0.825. The molecule has 0 spiro atoms. The van der Waals surface area contributed by atoms with Gasteiger partial charge in [-0.2, -0.15) is 0 Å². The molecule has 1 aromatic carbocycles. The minimum atomic E-state index is -0.223. The van der Waals surface area contributed by atoms with E-state index >= 15 is 0 Å². The van der Waals surface area contributed by atoms with Gasteiger partial charge in [0.1, 0.15) is 5.82 Å². The first-order valence-corrected chi connectivity index (χ1v) is 6.36. The van der Waals surface area contributed by atoms with Crippen LogP contribution >= 0.6 is 0 Å². The van der Waals surface area contributed by atoms with Crippen LogP contribution in [0.4, 0.5) is 4.39 Å². The molecule has 0 aliphatic heterocycles. The van der Waals surface area contributed by atoms with Gasteiger partial charge in [-0.25, -0.2) is 4.39 Å². The Labute approximate surface area is 102 Å². The van der Waals surface area contributed by atoms with E-state index in [9.17, 15) is 4.39 Å². The Kier molecular flexibility index (Phi) is 4.51. The van der Waals surface area contributed by atoms with E-state index in [0.29, 0.717) is 6.54 Å². The normalized spacial score (nSPS) is 17.8. The summed E-state index contributed by atoms with van der Waals surface area (Å²) in [6.07, 6.45) is 5.07. The molecule has 0 amide bonds. The molecule has 1 aliphatic rings. The molecule has 2 rings (SSSR count). The van der Waals surface area contributed by atoms with Gasteiger partial charge in [-0.15, -0.1) is 0 Å². The third-order valence-corrected chi connectivity index (χ3v) is 3.53. The number of ether oxygens (including phenoxy) is 1. The van der Waals surface area contributed by atoms with Crippen molar-refractivity contribution >= 4 is 0 Å². The molecule has 17 heavy (non-hydrogen) atoms. The van der Waals surface area contributed by atoms with Crippen LogP contribution in [0.25, 0.3) is 0 Å². The Hall–Kier alpha value is -0.930. The minimum absolute atomic E-state index is 0.101. The van der Waals surface area contributed by atoms with Crippen molar-refractivity contribution in [3.8, 4) is 0 Å². The molecule has 3 heteroatoms. The minimum Gasteiger partial charge on any atom is -0.372 e. The zero-order valence-electron chi connectivity index (χ0n) is 10.1. The monoisotopic (exact) mass is 237 g/mol. The second-order valence-corrected chi connectivity index (χ2v) is 4.73. The Morgan fingerprint density at radius 1 is 1.29 bits per heavy atom. The van der Waals surface area contributed by atoms with Crippen molar-refractivity contribution in [1.82, 2.24) is 0 Å². The predicted octanol–water partition coefficient (Wildman–Crippen LogP) is 3.03. The lowest BCUT2D eigenvalue weighted by atomic mass is 9.83. The number of hydrogen-bond donors (Lipinski definition) is 1. The molecule has 1 atom stereocenters. The molecule has 2 N–H and O–H groups in total. The first-order valence-electron chi connectivity index (χ1n) is 6.36. The van der Waals surface area contributed by atoms with E-state index in [4.69, 9.17) is 10.5 Å². The zero-order valence-corrected chi connectivity index (χ0v) is 10.1. The molecule has 0 saturated heterocycles. The van der Waals surface area contributed by atoms with Crippen molar-refractivity contribution in [2.45, 2.75) is 31.8 Å². The summed E-state index contributed by atoms with van der Waals surface area (Å²) >= 11 is 0. The van der Waals surface area contributed by atoms with E-state index in [1.54, 1.807) is 12.1 Å². The Morgan fingerprint density at radius 3 is 2.53 bits per heavy atom. The van der Waals surface area contributed by atoms with Gasteiger partial charge in [-0.1, -0.05) is 31.4 Å². The summed E-state index contributed by atoms with van der Waals surface area (Å²) < 4.78 is 18.6. The highest BCUT2D eigenvalue weighted by molar-refractivity contribution is 5.18. The first kappa shape index (κ1) is 12.5. The summed E-state index contributed by atoms with van der Waals surface area (Å²) in [5.74, 6) is 0.626. The highest BCUT2D eigenvalue weighted by Crippen LogP contribution is 2.29. The fourth-order valence-corrected chi connectivity index (χ4v) is 2.14. The molecule has 1 unspecified atom stereocenters. The molecule has 0 bridgehead atoms. The third-order valence-electron chi connectivity index (χ3n) is 3.53.